The van der Waals surface area contributed by atoms with Crippen LogP contribution in [0.4, 0.5) is 0 Å². The summed E-state index contributed by atoms with van der Waals surface area (Å²) in [6.45, 7) is 0. The summed E-state index contributed by atoms with van der Waals surface area (Å²) in [5.41, 5.74) is 0. The van der Waals surface area contributed by atoms with Gasteiger partial charge in [0.15, 0.2) is 0 Å². The van der Waals surface area contributed by atoms with Gasteiger partial charge in [0.2, 0.25) is 0 Å². The Bertz CT molecular complexity index is 483. The average Bonchev–Trinajstić information content (AvgIpc) is 2.46. The molecule has 0 bridgehead atoms. The minimum absolute atomic E-state index is 0.515. The van der Waals surface area contributed by atoms with Gasteiger partial charge in [0.1, 0.15) is 0 Å². The summed E-state index contributed by atoms with van der Waals surface area (Å²) >= 11 is 8.98. The molecule has 2 N–H and O–H groups in total. The molecule has 0 aliphatic carbocycles. The van der Waals surface area contributed by atoms with Crippen molar-refractivity contribution in [1.82, 2.24) is 0 Å². The molecular weight excluding hydrogens is 283 g/mol. The lowest BCUT2D eigenvalue weighted by Crippen LogP contribution is -2.27. The molecule has 2 aromatic rings. The van der Waals surface area contributed by atoms with Crippen molar-refractivity contribution in [3.05, 3.63) is 22.7 Å². The van der Waals surface area contributed by atoms with Crippen LogP contribution >= 0.6 is 39.9 Å². The number of hydrogen-bond donors (Lipinski definition) is 3. The zero-order chi connectivity index (χ0) is 10.3. The van der Waals surface area contributed by atoms with Crippen molar-refractivity contribution in [2.45, 2.75) is 4.90 Å². The first-order valence-electron chi connectivity index (χ1n) is 3.87. The largest absolute Gasteiger partial charge is 0.500 e. The van der Waals surface area contributed by atoms with Crippen LogP contribution in [0.2, 0.25) is 0 Å². The molecule has 6 heteroatoms. The summed E-state index contributed by atoms with van der Waals surface area (Å²) in [5, 5.41) is 19.2. The number of thiophene rings is 1. The fourth-order valence-electron chi connectivity index (χ4n) is 1.26. The van der Waals surface area contributed by atoms with E-state index in [9.17, 15) is 0 Å². The first-order chi connectivity index (χ1) is 6.61. The number of fused-ring (bicyclic) bond motifs is 1. The fraction of sp³-hybridized carbons (Fsp3) is 0. The molecule has 0 atom stereocenters. The molecule has 2 nitrogen and oxygen atoms in total. The Morgan fingerprint density at radius 1 is 1.36 bits per heavy atom. The SMILES string of the molecule is OB(O)c1sc2c(S)cccc2c1Br. The highest BCUT2D eigenvalue weighted by Crippen LogP contribution is 2.32. The maximum Gasteiger partial charge on any atom is 0.500 e. The minimum atomic E-state index is -1.44. The Morgan fingerprint density at radius 2 is 2.07 bits per heavy atom. The van der Waals surface area contributed by atoms with Gasteiger partial charge in [0, 0.05) is 19.5 Å². The highest BCUT2D eigenvalue weighted by atomic mass is 79.9. The third-order valence-corrected chi connectivity index (χ3v) is 4.81. The molecular formula is C8H6BBrO2S2. The van der Waals surface area contributed by atoms with E-state index in [4.69, 9.17) is 10.0 Å². The molecule has 72 valence electrons. The molecule has 0 saturated carbocycles. The van der Waals surface area contributed by atoms with Crippen molar-refractivity contribution >= 4 is 61.9 Å². The van der Waals surface area contributed by atoms with Gasteiger partial charge in [-0.05, 0) is 22.0 Å². The molecule has 0 aliphatic rings. The van der Waals surface area contributed by atoms with E-state index in [1.54, 1.807) is 0 Å². The van der Waals surface area contributed by atoms with Crippen LogP contribution < -0.4 is 4.78 Å². The molecule has 1 aromatic carbocycles. The minimum Gasteiger partial charge on any atom is -0.423 e. The van der Waals surface area contributed by atoms with E-state index in [1.165, 1.54) is 11.3 Å². The maximum atomic E-state index is 9.11. The Hall–Kier alpha value is -0.00506. The quantitative estimate of drug-likeness (QED) is 0.551. The predicted octanol–water partition coefficient (Wildman–Crippen LogP) is 1.63. The topological polar surface area (TPSA) is 40.5 Å². The normalized spacial score (nSPS) is 10.9. The molecule has 1 heterocycles. The van der Waals surface area contributed by atoms with E-state index >= 15 is 0 Å². The van der Waals surface area contributed by atoms with Gasteiger partial charge in [-0.15, -0.1) is 24.0 Å². The van der Waals surface area contributed by atoms with Crippen LogP contribution in [-0.2, 0) is 0 Å². The second kappa shape index (κ2) is 3.86. The van der Waals surface area contributed by atoms with Crippen molar-refractivity contribution < 1.29 is 10.0 Å². The van der Waals surface area contributed by atoms with Crippen LogP contribution in [0.5, 0.6) is 0 Å². The molecule has 0 fully saturated rings. The van der Waals surface area contributed by atoms with Gasteiger partial charge < -0.3 is 10.0 Å². The van der Waals surface area contributed by atoms with E-state index in [2.05, 4.69) is 28.6 Å². The molecule has 1 aromatic heterocycles. The van der Waals surface area contributed by atoms with E-state index < -0.39 is 7.12 Å². The lowest BCUT2D eigenvalue weighted by Gasteiger charge is -1.93. The van der Waals surface area contributed by atoms with Gasteiger partial charge in [-0.25, -0.2) is 0 Å². The molecule has 0 unspecified atom stereocenters. The summed E-state index contributed by atoms with van der Waals surface area (Å²) in [5.74, 6) is 0. The first kappa shape index (κ1) is 10.5. The van der Waals surface area contributed by atoms with E-state index in [0.717, 1.165) is 19.5 Å². The van der Waals surface area contributed by atoms with E-state index in [-0.39, 0.29) is 0 Å². The first-order valence-corrected chi connectivity index (χ1v) is 5.93. The van der Waals surface area contributed by atoms with Gasteiger partial charge in [-0.3, -0.25) is 0 Å². The van der Waals surface area contributed by atoms with Crippen LogP contribution in [0.15, 0.2) is 27.6 Å². The summed E-state index contributed by atoms with van der Waals surface area (Å²) in [6.07, 6.45) is 0. The third-order valence-electron chi connectivity index (χ3n) is 1.89. The zero-order valence-corrected chi connectivity index (χ0v) is 10.2. The zero-order valence-electron chi connectivity index (χ0n) is 6.94. The lowest BCUT2D eigenvalue weighted by atomic mass is 9.89. The molecule has 14 heavy (non-hydrogen) atoms. The van der Waals surface area contributed by atoms with Crippen LogP contribution in [0, 0.1) is 0 Å². The van der Waals surface area contributed by atoms with Gasteiger partial charge >= 0.3 is 7.12 Å². The van der Waals surface area contributed by atoms with Crippen LogP contribution in [-0.4, -0.2) is 17.2 Å². The summed E-state index contributed by atoms with van der Waals surface area (Å²) in [7, 11) is -1.44. The molecule has 0 spiro atoms. The predicted molar refractivity (Wildman–Crippen MR) is 66.6 cm³/mol. The monoisotopic (exact) mass is 288 g/mol. The number of hydrogen-bond acceptors (Lipinski definition) is 4. The van der Waals surface area contributed by atoms with Crippen molar-refractivity contribution in [3.63, 3.8) is 0 Å². The van der Waals surface area contributed by atoms with Crippen LogP contribution in [0.25, 0.3) is 10.1 Å². The lowest BCUT2D eigenvalue weighted by molar-refractivity contribution is 0.426. The van der Waals surface area contributed by atoms with Crippen molar-refractivity contribution in [2.24, 2.45) is 0 Å². The average molecular weight is 289 g/mol. The summed E-state index contributed by atoms with van der Waals surface area (Å²) < 4.78 is 2.22. The number of rotatable bonds is 1. The highest BCUT2D eigenvalue weighted by molar-refractivity contribution is 9.11. The fourth-order valence-corrected chi connectivity index (χ4v) is 3.49. The second-order valence-electron chi connectivity index (χ2n) is 2.81. The van der Waals surface area contributed by atoms with E-state index in [0.29, 0.717) is 4.78 Å². The Kier molecular flexibility index (Phi) is 2.90. The second-order valence-corrected chi connectivity index (χ2v) is 5.13. The third kappa shape index (κ3) is 1.61. The van der Waals surface area contributed by atoms with Crippen molar-refractivity contribution in [1.29, 1.82) is 0 Å². The summed E-state index contributed by atoms with van der Waals surface area (Å²) in [4.78, 5) is 0.847. The molecule has 2 rings (SSSR count). The van der Waals surface area contributed by atoms with Gasteiger partial charge in [-0.2, -0.15) is 0 Å². The molecule has 0 saturated heterocycles. The smallest absolute Gasteiger partial charge is 0.423 e. The standard InChI is InChI=1S/C8H6BBrO2S2/c10-6-4-2-1-3-5(13)7(4)14-8(6)9(11)12/h1-3,11-13H. The Morgan fingerprint density at radius 3 is 2.64 bits per heavy atom. The summed E-state index contributed by atoms with van der Waals surface area (Å²) in [6, 6.07) is 5.68. The molecule has 0 amide bonds. The highest BCUT2D eigenvalue weighted by Gasteiger charge is 2.20. The van der Waals surface area contributed by atoms with Crippen LogP contribution in [0.3, 0.4) is 0 Å². The van der Waals surface area contributed by atoms with Gasteiger partial charge in [0.05, 0.1) is 4.78 Å². The molecule has 0 aliphatic heterocycles. The number of thiol groups is 1. The Balaban J connectivity index is 2.80. The van der Waals surface area contributed by atoms with Crippen molar-refractivity contribution in [2.75, 3.05) is 0 Å². The number of benzene rings is 1. The van der Waals surface area contributed by atoms with Crippen molar-refractivity contribution in [3.8, 4) is 0 Å². The van der Waals surface area contributed by atoms with Gasteiger partial charge in [0.25, 0.3) is 0 Å². The number of halogens is 1. The maximum absolute atomic E-state index is 9.11. The van der Waals surface area contributed by atoms with Gasteiger partial charge in [-0.1, -0.05) is 12.1 Å². The van der Waals surface area contributed by atoms with E-state index in [1.807, 2.05) is 18.2 Å². The molecule has 0 radical (unpaired) electrons. The van der Waals surface area contributed by atoms with Crippen LogP contribution in [0.1, 0.15) is 0 Å². The Labute approximate surface area is 99.3 Å².